The van der Waals surface area contributed by atoms with Crippen LogP contribution < -0.4 is 0 Å². The van der Waals surface area contributed by atoms with Gasteiger partial charge in [-0.25, -0.2) is 4.39 Å². The first-order chi connectivity index (χ1) is 9.81. The van der Waals surface area contributed by atoms with Gasteiger partial charge in [-0.15, -0.1) is 10.2 Å². The predicted octanol–water partition coefficient (Wildman–Crippen LogP) is 3.43. The quantitative estimate of drug-likeness (QED) is 0.691. The molecule has 20 heavy (non-hydrogen) atoms. The Kier molecular flexibility index (Phi) is 3.98. The zero-order chi connectivity index (χ0) is 13.8. The summed E-state index contributed by atoms with van der Waals surface area (Å²) in [6.45, 7) is 0. The van der Waals surface area contributed by atoms with Crippen molar-refractivity contribution in [1.29, 1.82) is 0 Å². The third-order valence-electron chi connectivity index (χ3n) is 2.46. The van der Waals surface area contributed by atoms with E-state index in [0.29, 0.717) is 0 Å². The smallest absolute Gasteiger partial charge is 0.175 e. The van der Waals surface area contributed by atoms with Gasteiger partial charge in [0.2, 0.25) is 0 Å². The van der Waals surface area contributed by atoms with E-state index >= 15 is 0 Å². The average Bonchev–Trinajstić information content (AvgIpc) is 2.97. The van der Waals surface area contributed by atoms with Crippen LogP contribution in [0.2, 0.25) is 0 Å². The largest absolute Gasteiger partial charge is 0.261 e. The van der Waals surface area contributed by atoms with Gasteiger partial charge in [0, 0.05) is 18.1 Å². The number of thioether (sulfide) groups is 1. The highest BCUT2D eigenvalue weighted by atomic mass is 32.2. The van der Waals surface area contributed by atoms with Crippen LogP contribution >= 0.6 is 23.1 Å². The molecular weight excluding hydrogens is 295 g/mol. The summed E-state index contributed by atoms with van der Waals surface area (Å²) in [5, 5.41) is 8.96. The number of rotatable bonds is 4. The Labute approximate surface area is 123 Å². The number of benzene rings is 1. The Hall–Kier alpha value is -1.86. The highest BCUT2D eigenvalue weighted by molar-refractivity contribution is 8.00. The minimum Gasteiger partial charge on any atom is -0.261 e. The molecule has 0 aliphatic carbocycles. The lowest BCUT2D eigenvalue weighted by Crippen LogP contribution is -1.82. The number of hydrogen-bond acceptors (Lipinski definition) is 6. The van der Waals surface area contributed by atoms with Gasteiger partial charge in [0.15, 0.2) is 9.35 Å². The first-order valence-corrected chi connectivity index (χ1v) is 7.58. The van der Waals surface area contributed by atoms with Gasteiger partial charge in [0.05, 0.1) is 6.20 Å². The SMILES string of the molecule is Fc1ccc(CSc2nnc(-c3cnccn3)s2)cc1. The molecule has 0 bridgehead atoms. The van der Waals surface area contributed by atoms with E-state index in [4.69, 9.17) is 0 Å². The normalized spacial score (nSPS) is 10.7. The molecular formula is C13H9FN4S2. The summed E-state index contributed by atoms with van der Waals surface area (Å²) >= 11 is 3.04. The zero-order valence-electron chi connectivity index (χ0n) is 10.2. The predicted molar refractivity (Wildman–Crippen MR) is 76.9 cm³/mol. The van der Waals surface area contributed by atoms with Crippen LogP contribution in [0.4, 0.5) is 4.39 Å². The molecule has 0 spiro atoms. The van der Waals surface area contributed by atoms with Gasteiger partial charge >= 0.3 is 0 Å². The van der Waals surface area contributed by atoms with Crippen molar-refractivity contribution >= 4 is 23.1 Å². The topological polar surface area (TPSA) is 51.6 Å². The molecule has 2 heterocycles. The summed E-state index contributed by atoms with van der Waals surface area (Å²) in [7, 11) is 0. The Balaban J connectivity index is 1.67. The van der Waals surface area contributed by atoms with Gasteiger partial charge in [0.25, 0.3) is 0 Å². The molecule has 1 aromatic carbocycles. The molecule has 7 heteroatoms. The molecule has 0 unspecified atom stereocenters. The van der Waals surface area contributed by atoms with Crippen LogP contribution in [-0.4, -0.2) is 20.2 Å². The fourth-order valence-electron chi connectivity index (χ4n) is 1.51. The van der Waals surface area contributed by atoms with Crippen LogP contribution in [0, 0.1) is 5.82 Å². The molecule has 0 saturated carbocycles. The second-order valence-corrected chi connectivity index (χ2v) is 6.08. The molecule has 0 radical (unpaired) electrons. The van der Waals surface area contributed by atoms with Gasteiger partial charge < -0.3 is 0 Å². The summed E-state index contributed by atoms with van der Waals surface area (Å²) in [6, 6.07) is 6.46. The molecule has 100 valence electrons. The molecule has 0 saturated heterocycles. The monoisotopic (exact) mass is 304 g/mol. The summed E-state index contributed by atoms with van der Waals surface area (Å²) in [4.78, 5) is 8.19. The Bertz CT molecular complexity index is 685. The number of aromatic nitrogens is 4. The van der Waals surface area contributed by atoms with E-state index in [9.17, 15) is 4.39 Å². The zero-order valence-corrected chi connectivity index (χ0v) is 11.9. The average molecular weight is 304 g/mol. The van der Waals surface area contributed by atoms with Gasteiger partial charge in [-0.2, -0.15) is 0 Å². The van der Waals surface area contributed by atoms with Gasteiger partial charge in [-0.3, -0.25) is 9.97 Å². The maximum atomic E-state index is 12.8. The van der Waals surface area contributed by atoms with E-state index in [1.54, 1.807) is 42.5 Å². The van der Waals surface area contributed by atoms with Crippen molar-refractivity contribution in [3.05, 3.63) is 54.2 Å². The maximum absolute atomic E-state index is 12.8. The Morgan fingerprint density at radius 2 is 1.95 bits per heavy atom. The molecule has 3 aromatic rings. The fraction of sp³-hybridized carbons (Fsp3) is 0.0769. The van der Waals surface area contributed by atoms with E-state index in [-0.39, 0.29) is 5.82 Å². The summed E-state index contributed by atoms with van der Waals surface area (Å²) < 4.78 is 13.7. The van der Waals surface area contributed by atoms with Crippen molar-refractivity contribution < 1.29 is 4.39 Å². The molecule has 3 rings (SSSR count). The van der Waals surface area contributed by atoms with Gasteiger partial charge in [-0.05, 0) is 17.7 Å². The molecule has 0 aliphatic heterocycles. The van der Waals surface area contributed by atoms with E-state index in [2.05, 4.69) is 20.2 Å². The van der Waals surface area contributed by atoms with Crippen LogP contribution in [0.5, 0.6) is 0 Å². The van der Waals surface area contributed by atoms with Crippen molar-refractivity contribution in [1.82, 2.24) is 20.2 Å². The molecule has 0 N–H and O–H groups in total. The van der Waals surface area contributed by atoms with Crippen molar-refractivity contribution in [2.24, 2.45) is 0 Å². The highest BCUT2D eigenvalue weighted by Crippen LogP contribution is 2.29. The van der Waals surface area contributed by atoms with E-state index in [0.717, 1.165) is 26.4 Å². The van der Waals surface area contributed by atoms with Gasteiger partial charge in [-0.1, -0.05) is 35.2 Å². The third-order valence-corrected chi connectivity index (χ3v) is 4.61. The molecule has 4 nitrogen and oxygen atoms in total. The minimum atomic E-state index is -0.223. The standard InChI is InChI=1S/C13H9FN4S2/c14-10-3-1-9(2-4-10)8-19-13-18-17-12(20-13)11-7-15-5-6-16-11/h1-7H,8H2. The summed E-state index contributed by atoms with van der Waals surface area (Å²) in [5.41, 5.74) is 1.77. The Morgan fingerprint density at radius 1 is 1.10 bits per heavy atom. The van der Waals surface area contributed by atoms with Crippen LogP contribution in [0.15, 0.2) is 47.2 Å². The lowest BCUT2D eigenvalue weighted by molar-refractivity contribution is 0.627. The number of nitrogens with zero attached hydrogens (tertiary/aromatic N) is 4. The maximum Gasteiger partial charge on any atom is 0.175 e. The lowest BCUT2D eigenvalue weighted by Gasteiger charge is -1.97. The summed E-state index contributed by atoms with van der Waals surface area (Å²) in [6.07, 6.45) is 4.91. The first kappa shape index (κ1) is 13.1. The first-order valence-electron chi connectivity index (χ1n) is 5.78. The van der Waals surface area contributed by atoms with Crippen molar-refractivity contribution in [2.75, 3.05) is 0 Å². The molecule has 0 amide bonds. The second-order valence-electron chi connectivity index (χ2n) is 3.88. The van der Waals surface area contributed by atoms with Crippen LogP contribution in [-0.2, 0) is 5.75 Å². The number of hydrogen-bond donors (Lipinski definition) is 0. The second kappa shape index (κ2) is 6.06. The molecule has 2 aromatic heterocycles. The molecule has 0 atom stereocenters. The van der Waals surface area contributed by atoms with Crippen LogP contribution in [0.3, 0.4) is 0 Å². The molecule has 0 fully saturated rings. The van der Waals surface area contributed by atoms with Crippen LogP contribution in [0.1, 0.15) is 5.56 Å². The highest BCUT2D eigenvalue weighted by Gasteiger charge is 2.08. The molecule has 0 aliphatic rings. The number of halogens is 1. The van der Waals surface area contributed by atoms with E-state index in [1.165, 1.54) is 23.5 Å². The minimum absolute atomic E-state index is 0.223. The van der Waals surface area contributed by atoms with E-state index in [1.807, 2.05) is 0 Å². The van der Waals surface area contributed by atoms with Gasteiger partial charge in [0.1, 0.15) is 11.5 Å². The van der Waals surface area contributed by atoms with E-state index < -0.39 is 0 Å². The summed E-state index contributed by atoms with van der Waals surface area (Å²) in [5.74, 6) is 0.509. The van der Waals surface area contributed by atoms with Crippen molar-refractivity contribution in [3.8, 4) is 10.7 Å². The lowest BCUT2D eigenvalue weighted by atomic mass is 10.2. The van der Waals surface area contributed by atoms with Crippen molar-refractivity contribution in [2.45, 2.75) is 10.1 Å². The Morgan fingerprint density at radius 3 is 2.70 bits per heavy atom. The fourth-order valence-corrected chi connectivity index (χ4v) is 3.28. The third kappa shape index (κ3) is 3.17. The van der Waals surface area contributed by atoms with Crippen molar-refractivity contribution in [3.63, 3.8) is 0 Å². The van der Waals surface area contributed by atoms with Crippen LogP contribution in [0.25, 0.3) is 10.7 Å².